The van der Waals surface area contributed by atoms with Crippen LogP contribution in [0.3, 0.4) is 0 Å². The Morgan fingerprint density at radius 2 is 2.00 bits per heavy atom. The van der Waals surface area contributed by atoms with Crippen molar-refractivity contribution in [3.8, 4) is 28.7 Å². The van der Waals surface area contributed by atoms with E-state index in [4.69, 9.17) is 15.1 Å². The summed E-state index contributed by atoms with van der Waals surface area (Å²) < 4.78 is 5.21. The molecule has 20 heavy (non-hydrogen) atoms. The van der Waals surface area contributed by atoms with Gasteiger partial charge >= 0.3 is 5.97 Å². The van der Waals surface area contributed by atoms with E-state index >= 15 is 0 Å². The van der Waals surface area contributed by atoms with Gasteiger partial charge in [0, 0.05) is 5.56 Å². The molecule has 0 fully saturated rings. The van der Waals surface area contributed by atoms with Crippen molar-refractivity contribution >= 4 is 5.97 Å². The van der Waals surface area contributed by atoms with Crippen molar-refractivity contribution in [1.82, 2.24) is 0 Å². The number of carboxylic acid groups (broad SMARTS) is 1. The first-order chi connectivity index (χ1) is 9.56. The van der Waals surface area contributed by atoms with Crippen LogP contribution >= 0.6 is 0 Å². The minimum atomic E-state index is -1.22. The molecule has 0 atom stereocenters. The van der Waals surface area contributed by atoms with E-state index in [2.05, 4.69) is 0 Å². The summed E-state index contributed by atoms with van der Waals surface area (Å²) in [4.78, 5) is 11.0. The van der Waals surface area contributed by atoms with Crippen LogP contribution in [0.5, 0.6) is 11.5 Å². The Labute approximate surface area is 115 Å². The zero-order valence-electron chi connectivity index (χ0n) is 10.6. The number of hydrogen-bond acceptors (Lipinski definition) is 4. The van der Waals surface area contributed by atoms with Crippen LogP contribution in [0.15, 0.2) is 36.4 Å². The van der Waals surface area contributed by atoms with Gasteiger partial charge in [-0.05, 0) is 35.9 Å². The van der Waals surface area contributed by atoms with Crippen LogP contribution in [0.1, 0.15) is 15.9 Å². The first kappa shape index (κ1) is 13.4. The molecule has 0 radical (unpaired) electrons. The molecular weight excluding hydrogens is 258 g/mol. The Morgan fingerprint density at radius 1 is 1.25 bits per heavy atom. The topological polar surface area (TPSA) is 90.5 Å². The molecular formula is C15H11NO4. The molecule has 0 aromatic heterocycles. The fraction of sp³-hybridized carbons (Fsp3) is 0.0667. The van der Waals surface area contributed by atoms with Crippen molar-refractivity contribution < 1.29 is 19.7 Å². The molecule has 0 bridgehead atoms. The molecule has 0 saturated carbocycles. The van der Waals surface area contributed by atoms with Gasteiger partial charge in [-0.15, -0.1) is 0 Å². The summed E-state index contributed by atoms with van der Waals surface area (Å²) in [6.07, 6.45) is 0. The van der Waals surface area contributed by atoms with Gasteiger partial charge in [0.05, 0.1) is 18.7 Å². The van der Waals surface area contributed by atoms with Crippen LogP contribution in [0.2, 0.25) is 0 Å². The number of nitrogens with zero attached hydrogens (tertiary/aromatic N) is 1. The highest BCUT2D eigenvalue weighted by atomic mass is 16.5. The van der Waals surface area contributed by atoms with Crippen molar-refractivity contribution in [2.75, 3.05) is 7.11 Å². The number of methoxy groups -OCH3 is 1. The first-order valence-corrected chi connectivity index (χ1v) is 5.71. The second-order valence-corrected chi connectivity index (χ2v) is 4.06. The predicted molar refractivity (Wildman–Crippen MR) is 71.8 cm³/mol. The zero-order valence-corrected chi connectivity index (χ0v) is 10.6. The van der Waals surface area contributed by atoms with Crippen molar-refractivity contribution in [2.45, 2.75) is 0 Å². The van der Waals surface area contributed by atoms with Crippen LogP contribution in [0.25, 0.3) is 11.1 Å². The summed E-state index contributed by atoms with van der Waals surface area (Å²) in [7, 11) is 1.49. The Kier molecular flexibility index (Phi) is 3.58. The number of carboxylic acids is 1. The number of rotatable bonds is 3. The molecule has 0 aliphatic heterocycles. The van der Waals surface area contributed by atoms with Gasteiger partial charge in [-0.25, -0.2) is 4.79 Å². The van der Waals surface area contributed by atoms with Gasteiger partial charge in [0.25, 0.3) is 0 Å². The van der Waals surface area contributed by atoms with Gasteiger partial charge in [-0.3, -0.25) is 0 Å². The SMILES string of the molecule is COc1ccc(C#N)cc1-c1ccc(O)c(C(=O)O)c1. The second-order valence-electron chi connectivity index (χ2n) is 4.06. The number of hydrogen-bond donors (Lipinski definition) is 2. The zero-order chi connectivity index (χ0) is 14.7. The summed E-state index contributed by atoms with van der Waals surface area (Å²) in [6.45, 7) is 0. The quantitative estimate of drug-likeness (QED) is 0.893. The number of nitriles is 1. The average molecular weight is 269 g/mol. The molecule has 2 N–H and O–H groups in total. The largest absolute Gasteiger partial charge is 0.507 e. The molecule has 0 aliphatic carbocycles. The Morgan fingerprint density at radius 3 is 2.60 bits per heavy atom. The van der Waals surface area contributed by atoms with Crippen LogP contribution in [0.4, 0.5) is 0 Å². The normalized spacial score (nSPS) is 9.80. The smallest absolute Gasteiger partial charge is 0.339 e. The number of carbonyl (C=O) groups is 1. The molecule has 2 aromatic carbocycles. The third-order valence-electron chi connectivity index (χ3n) is 2.87. The van der Waals surface area contributed by atoms with Gasteiger partial charge in [0.2, 0.25) is 0 Å². The maximum atomic E-state index is 11.0. The molecule has 0 amide bonds. The van der Waals surface area contributed by atoms with E-state index in [0.717, 1.165) is 0 Å². The lowest BCUT2D eigenvalue weighted by atomic mass is 9.99. The molecule has 2 rings (SSSR count). The Hall–Kier alpha value is -3.00. The van der Waals surface area contributed by atoms with E-state index in [-0.39, 0.29) is 11.3 Å². The molecule has 0 aliphatic rings. The summed E-state index contributed by atoms with van der Waals surface area (Å²) in [5, 5.41) is 27.5. The number of benzene rings is 2. The Balaban J connectivity index is 2.65. The fourth-order valence-electron chi connectivity index (χ4n) is 1.88. The molecule has 2 aromatic rings. The first-order valence-electron chi connectivity index (χ1n) is 5.71. The lowest BCUT2D eigenvalue weighted by Crippen LogP contribution is -1.97. The highest BCUT2D eigenvalue weighted by Gasteiger charge is 2.13. The molecule has 5 heteroatoms. The monoisotopic (exact) mass is 269 g/mol. The van der Waals surface area contributed by atoms with Gasteiger partial charge in [0.15, 0.2) is 0 Å². The van der Waals surface area contributed by atoms with Gasteiger partial charge in [-0.2, -0.15) is 5.26 Å². The van der Waals surface area contributed by atoms with E-state index in [1.54, 1.807) is 24.3 Å². The number of phenols is 1. The van der Waals surface area contributed by atoms with Crippen molar-refractivity contribution in [3.63, 3.8) is 0 Å². The fourth-order valence-corrected chi connectivity index (χ4v) is 1.88. The van der Waals surface area contributed by atoms with E-state index < -0.39 is 5.97 Å². The number of aromatic hydroxyl groups is 1. The summed E-state index contributed by atoms with van der Waals surface area (Å²) >= 11 is 0. The van der Waals surface area contributed by atoms with Crippen molar-refractivity contribution in [3.05, 3.63) is 47.5 Å². The van der Waals surface area contributed by atoms with Crippen LogP contribution in [-0.2, 0) is 0 Å². The minimum absolute atomic E-state index is 0.202. The van der Waals surface area contributed by atoms with E-state index in [1.807, 2.05) is 6.07 Å². The highest BCUT2D eigenvalue weighted by molar-refractivity contribution is 5.93. The minimum Gasteiger partial charge on any atom is -0.507 e. The van der Waals surface area contributed by atoms with Gasteiger partial charge in [0.1, 0.15) is 17.1 Å². The molecule has 5 nitrogen and oxygen atoms in total. The lowest BCUT2D eigenvalue weighted by Gasteiger charge is -2.10. The molecule has 0 unspecified atom stereocenters. The summed E-state index contributed by atoms with van der Waals surface area (Å²) in [5.74, 6) is -1.01. The number of ether oxygens (including phenoxy) is 1. The van der Waals surface area contributed by atoms with Crippen molar-refractivity contribution in [2.24, 2.45) is 0 Å². The van der Waals surface area contributed by atoms with E-state index in [0.29, 0.717) is 22.4 Å². The average Bonchev–Trinajstić information content (AvgIpc) is 2.46. The maximum absolute atomic E-state index is 11.0. The summed E-state index contributed by atoms with van der Waals surface area (Å²) in [6, 6.07) is 11.1. The van der Waals surface area contributed by atoms with Gasteiger partial charge in [-0.1, -0.05) is 6.07 Å². The standard InChI is InChI=1S/C15H11NO4/c1-20-14-5-2-9(8-16)6-11(14)10-3-4-13(17)12(7-10)15(18)19/h2-7,17H,1H3,(H,18,19). The van der Waals surface area contributed by atoms with Crippen molar-refractivity contribution in [1.29, 1.82) is 5.26 Å². The number of aromatic carboxylic acids is 1. The van der Waals surface area contributed by atoms with E-state index in [9.17, 15) is 9.90 Å². The highest BCUT2D eigenvalue weighted by Crippen LogP contribution is 2.33. The predicted octanol–water partition coefficient (Wildman–Crippen LogP) is 2.64. The molecule has 0 spiro atoms. The Bertz CT molecular complexity index is 716. The molecule has 0 heterocycles. The summed E-state index contributed by atoms with van der Waals surface area (Å²) in [5.41, 5.74) is 1.38. The van der Waals surface area contributed by atoms with Crippen LogP contribution in [-0.4, -0.2) is 23.3 Å². The third kappa shape index (κ3) is 2.40. The third-order valence-corrected chi connectivity index (χ3v) is 2.87. The maximum Gasteiger partial charge on any atom is 0.339 e. The lowest BCUT2D eigenvalue weighted by molar-refractivity contribution is 0.0694. The molecule has 100 valence electrons. The van der Waals surface area contributed by atoms with E-state index in [1.165, 1.54) is 19.2 Å². The molecule has 0 saturated heterocycles. The second kappa shape index (κ2) is 5.33. The van der Waals surface area contributed by atoms with Crippen LogP contribution in [0, 0.1) is 11.3 Å². The van der Waals surface area contributed by atoms with Crippen LogP contribution < -0.4 is 4.74 Å². The van der Waals surface area contributed by atoms with Gasteiger partial charge < -0.3 is 14.9 Å².